The molecular weight excluding hydrogens is 342 g/mol. The normalized spacial score (nSPS) is 14.7. The average molecular weight is 365 g/mol. The molecule has 0 saturated carbocycles. The predicted molar refractivity (Wildman–Crippen MR) is 106 cm³/mol. The lowest BCUT2D eigenvalue weighted by Gasteiger charge is -2.27. The van der Waals surface area contributed by atoms with Crippen molar-refractivity contribution >= 4 is 17.2 Å². The number of likely N-dealkylation sites (tertiary alicyclic amines) is 1. The standard InChI is InChI=1S/C19H23N7O/c1-14-17(19(27)26(24(14)2)15-9-5-3-6-10-15)23-22-16(13-20)18(21)25-11-7-4-8-12-25/h3,5-6,9-10,21,23H,4,7-8,11-12H2,1-2H3/b21-18?,22-16+. The highest BCUT2D eigenvalue weighted by Gasteiger charge is 2.20. The minimum Gasteiger partial charge on any atom is -0.355 e. The SMILES string of the molecule is Cc1c(N/N=C(\C#N)C(=N)N2CCCCC2)c(=O)n(-c2ccccc2)n1C. The molecule has 1 aromatic heterocycles. The molecule has 27 heavy (non-hydrogen) atoms. The summed E-state index contributed by atoms with van der Waals surface area (Å²) in [4.78, 5) is 14.7. The molecule has 1 aliphatic rings. The maximum absolute atomic E-state index is 12.8. The third-order valence-electron chi connectivity index (χ3n) is 4.84. The summed E-state index contributed by atoms with van der Waals surface area (Å²) in [6.07, 6.45) is 3.16. The number of aromatic nitrogens is 2. The molecule has 0 unspecified atom stereocenters. The van der Waals surface area contributed by atoms with Gasteiger partial charge in [-0.3, -0.25) is 20.3 Å². The molecule has 2 N–H and O–H groups in total. The molecule has 1 aliphatic heterocycles. The summed E-state index contributed by atoms with van der Waals surface area (Å²) in [5.41, 5.74) is 4.17. The summed E-state index contributed by atoms with van der Waals surface area (Å²) in [6, 6.07) is 11.3. The van der Waals surface area contributed by atoms with Crippen LogP contribution < -0.4 is 11.0 Å². The Hall–Kier alpha value is -3.34. The van der Waals surface area contributed by atoms with E-state index in [-0.39, 0.29) is 17.1 Å². The van der Waals surface area contributed by atoms with Crippen molar-refractivity contribution in [3.05, 3.63) is 46.4 Å². The van der Waals surface area contributed by atoms with Gasteiger partial charge in [-0.05, 0) is 38.3 Å². The smallest absolute Gasteiger partial charge is 0.296 e. The summed E-state index contributed by atoms with van der Waals surface area (Å²) >= 11 is 0. The number of hydrogen-bond donors (Lipinski definition) is 2. The van der Waals surface area contributed by atoms with Crippen molar-refractivity contribution in [2.75, 3.05) is 18.5 Å². The summed E-state index contributed by atoms with van der Waals surface area (Å²) in [6.45, 7) is 3.32. The van der Waals surface area contributed by atoms with Crippen LogP contribution in [0.5, 0.6) is 0 Å². The first-order valence-corrected chi connectivity index (χ1v) is 8.96. The topological polar surface area (TPSA) is 102 Å². The Labute approximate surface area is 157 Å². The zero-order valence-electron chi connectivity index (χ0n) is 15.6. The number of nitrogens with one attached hydrogen (secondary N) is 2. The van der Waals surface area contributed by atoms with Crippen LogP contribution in [0.2, 0.25) is 0 Å². The maximum Gasteiger partial charge on any atom is 0.296 e. The fraction of sp³-hybridized carbons (Fsp3) is 0.368. The monoisotopic (exact) mass is 365 g/mol. The Bertz CT molecular complexity index is 956. The van der Waals surface area contributed by atoms with Gasteiger partial charge in [-0.25, -0.2) is 4.68 Å². The van der Waals surface area contributed by atoms with Crippen LogP contribution in [0.4, 0.5) is 5.69 Å². The number of hydrazone groups is 1. The number of rotatable bonds is 4. The van der Waals surface area contributed by atoms with Crippen molar-refractivity contribution in [1.29, 1.82) is 10.7 Å². The number of hydrogen-bond acceptors (Lipinski definition) is 5. The van der Waals surface area contributed by atoms with E-state index >= 15 is 0 Å². The van der Waals surface area contributed by atoms with Gasteiger partial charge < -0.3 is 4.90 Å². The van der Waals surface area contributed by atoms with Crippen LogP contribution in [0, 0.1) is 23.7 Å². The van der Waals surface area contributed by atoms with Crippen LogP contribution in [0.3, 0.4) is 0 Å². The van der Waals surface area contributed by atoms with E-state index in [1.165, 1.54) is 4.68 Å². The molecule has 1 saturated heterocycles. The van der Waals surface area contributed by atoms with Crippen LogP contribution in [-0.4, -0.2) is 38.9 Å². The molecule has 2 heterocycles. The Morgan fingerprint density at radius 1 is 1.22 bits per heavy atom. The van der Waals surface area contributed by atoms with Crippen molar-refractivity contribution in [1.82, 2.24) is 14.3 Å². The second-order valence-electron chi connectivity index (χ2n) is 6.52. The third kappa shape index (κ3) is 3.62. The Morgan fingerprint density at radius 2 is 1.89 bits per heavy atom. The maximum atomic E-state index is 12.8. The first-order chi connectivity index (χ1) is 13.0. The molecule has 8 nitrogen and oxygen atoms in total. The van der Waals surface area contributed by atoms with Gasteiger partial charge in [0.15, 0.2) is 5.84 Å². The van der Waals surface area contributed by atoms with Crippen molar-refractivity contribution in [3.8, 4) is 11.8 Å². The zero-order chi connectivity index (χ0) is 19.4. The predicted octanol–water partition coefficient (Wildman–Crippen LogP) is 2.24. The van der Waals surface area contributed by atoms with Gasteiger partial charge in [0, 0.05) is 20.1 Å². The Morgan fingerprint density at radius 3 is 2.52 bits per heavy atom. The number of nitrogens with zero attached hydrogens (tertiary/aromatic N) is 5. The highest BCUT2D eigenvalue weighted by atomic mass is 16.1. The van der Waals surface area contributed by atoms with Gasteiger partial charge in [0.25, 0.3) is 5.56 Å². The third-order valence-corrected chi connectivity index (χ3v) is 4.84. The highest BCUT2D eigenvalue weighted by Crippen LogP contribution is 2.14. The molecule has 0 aliphatic carbocycles. The lowest BCUT2D eigenvalue weighted by molar-refractivity contribution is 0.344. The zero-order valence-corrected chi connectivity index (χ0v) is 15.6. The van der Waals surface area contributed by atoms with Gasteiger partial charge in [0.2, 0.25) is 5.71 Å². The fourth-order valence-electron chi connectivity index (χ4n) is 3.21. The van der Waals surface area contributed by atoms with Crippen molar-refractivity contribution < 1.29 is 0 Å². The summed E-state index contributed by atoms with van der Waals surface area (Å²) in [7, 11) is 1.79. The highest BCUT2D eigenvalue weighted by molar-refractivity contribution is 6.46. The molecule has 0 amide bonds. The number of amidine groups is 1. The molecule has 3 rings (SSSR count). The summed E-state index contributed by atoms with van der Waals surface area (Å²) < 4.78 is 3.27. The van der Waals surface area contributed by atoms with Gasteiger partial charge in [0.05, 0.1) is 11.4 Å². The second kappa shape index (κ2) is 7.91. The van der Waals surface area contributed by atoms with E-state index in [1.54, 1.807) is 18.7 Å². The Balaban J connectivity index is 1.89. The Kier molecular flexibility index (Phi) is 5.41. The van der Waals surface area contributed by atoms with E-state index in [0.29, 0.717) is 11.4 Å². The quantitative estimate of drug-likeness (QED) is 0.493. The van der Waals surface area contributed by atoms with Crippen molar-refractivity contribution in [3.63, 3.8) is 0 Å². The van der Waals surface area contributed by atoms with E-state index in [2.05, 4.69) is 10.5 Å². The molecule has 0 atom stereocenters. The first-order valence-electron chi connectivity index (χ1n) is 8.96. The van der Waals surface area contributed by atoms with E-state index < -0.39 is 0 Å². The van der Waals surface area contributed by atoms with Crippen LogP contribution in [-0.2, 0) is 7.05 Å². The van der Waals surface area contributed by atoms with Crippen molar-refractivity contribution in [2.24, 2.45) is 12.1 Å². The van der Waals surface area contributed by atoms with Crippen molar-refractivity contribution in [2.45, 2.75) is 26.2 Å². The van der Waals surface area contributed by atoms with E-state index in [1.807, 2.05) is 41.3 Å². The number of para-hydroxylation sites is 1. The second-order valence-corrected chi connectivity index (χ2v) is 6.52. The van der Waals surface area contributed by atoms with Gasteiger partial charge >= 0.3 is 0 Å². The van der Waals surface area contributed by atoms with Gasteiger partial charge in [-0.1, -0.05) is 18.2 Å². The summed E-state index contributed by atoms with van der Waals surface area (Å²) in [5.74, 6) is 0.0988. The number of anilines is 1. The van der Waals surface area contributed by atoms with Gasteiger partial charge in [-0.2, -0.15) is 10.4 Å². The first kappa shape index (κ1) is 18.5. The van der Waals surface area contributed by atoms with E-state index in [4.69, 9.17) is 5.41 Å². The molecule has 0 bridgehead atoms. The fourth-order valence-corrected chi connectivity index (χ4v) is 3.21. The molecular formula is C19H23N7O. The largest absolute Gasteiger partial charge is 0.355 e. The summed E-state index contributed by atoms with van der Waals surface area (Å²) in [5, 5.41) is 21.7. The average Bonchev–Trinajstić information content (AvgIpc) is 2.92. The van der Waals surface area contributed by atoms with Crippen LogP contribution >= 0.6 is 0 Å². The molecule has 0 radical (unpaired) electrons. The molecule has 140 valence electrons. The minimum atomic E-state index is -0.258. The molecule has 0 spiro atoms. The van der Waals surface area contributed by atoms with Crippen LogP contribution in [0.1, 0.15) is 25.0 Å². The number of benzene rings is 1. The van der Waals surface area contributed by atoms with E-state index in [0.717, 1.165) is 38.0 Å². The molecule has 1 fully saturated rings. The number of piperidine rings is 1. The van der Waals surface area contributed by atoms with E-state index in [9.17, 15) is 10.1 Å². The van der Waals surface area contributed by atoms with Gasteiger partial charge in [0.1, 0.15) is 11.8 Å². The van der Waals surface area contributed by atoms with Gasteiger partial charge in [-0.15, -0.1) is 0 Å². The number of nitriles is 1. The molecule has 8 heteroatoms. The van der Waals surface area contributed by atoms with Crippen LogP contribution in [0.25, 0.3) is 5.69 Å². The van der Waals surface area contributed by atoms with Crippen LogP contribution in [0.15, 0.2) is 40.2 Å². The minimum absolute atomic E-state index is 0.0224. The lowest BCUT2D eigenvalue weighted by atomic mass is 10.1. The molecule has 1 aromatic carbocycles. The molecule has 2 aromatic rings. The lowest BCUT2D eigenvalue weighted by Crippen LogP contribution is -2.39.